The van der Waals surface area contributed by atoms with Crippen molar-refractivity contribution < 1.29 is 0 Å². The molecule has 0 aliphatic heterocycles. The summed E-state index contributed by atoms with van der Waals surface area (Å²) in [6.07, 6.45) is 0. The number of aromatic nitrogens is 2. The number of nitriles is 1. The monoisotopic (exact) mass is 249 g/mol. The molecule has 0 radical (unpaired) electrons. The highest BCUT2D eigenvalue weighted by atomic mass is 15.3. The number of hydrogen-bond donors (Lipinski definition) is 1. The lowest BCUT2D eigenvalue weighted by atomic mass is 10.1. The maximum absolute atomic E-state index is 8.90. The Balaban J connectivity index is 2.85. The summed E-state index contributed by atoms with van der Waals surface area (Å²) in [5, 5.41) is 16.5. The molecule has 100 valence electrons. The van der Waals surface area contributed by atoms with Crippen molar-refractivity contribution >= 4 is 5.82 Å². The quantitative estimate of drug-likeness (QED) is 0.834. The molecule has 0 spiro atoms. The SMILES string of the molecule is CCN(Cc1c(C)nn(C)c1NC)CC(C)C#N. The summed E-state index contributed by atoms with van der Waals surface area (Å²) < 4.78 is 1.87. The van der Waals surface area contributed by atoms with Crippen molar-refractivity contribution in [3.8, 4) is 6.07 Å². The van der Waals surface area contributed by atoms with Crippen molar-refractivity contribution in [2.24, 2.45) is 13.0 Å². The van der Waals surface area contributed by atoms with Gasteiger partial charge in [0.15, 0.2) is 0 Å². The minimum absolute atomic E-state index is 0.0555. The fourth-order valence-corrected chi connectivity index (χ4v) is 2.16. The molecule has 0 bridgehead atoms. The van der Waals surface area contributed by atoms with E-state index in [2.05, 4.69) is 28.3 Å². The molecule has 1 rings (SSSR count). The smallest absolute Gasteiger partial charge is 0.128 e. The van der Waals surface area contributed by atoms with Gasteiger partial charge < -0.3 is 5.32 Å². The van der Waals surface area contributed by atoms with Crippen LogP contribution < -0.4 is 5.32 Å². The van der Waals surface area contributed by atoms with Crippen LogP contribution in [0.1, 0.15) is 25.1 Å². The lowest BCUT2D eigenvalue weighted by Gasteiger charge is -2.22. The molecule has 0 saturated carbocycles. The Morgan fingerprint density at radius 1 is 1.56 bits per heavy atom. The van der Waals surface area contributed by atoms with Gasteiger partial charge in [-0.25, -0.2) is 0 Å². The van der Waals surface area contributed by atoms with E-state index >= 15 is 0 Å². The van der Waals surface area contributed by atoms with Crippen molar-refractivity contribution in [2.75, 3.05) is 25.5 Å². The third-order valence-electron chi connectivity index (χ3n) is 3.16. The third-order valence-corrected chi connectivity index (χ3v) is 3.16. The molecule has 1 unspecified atom stereocenters. The van der Waals surface area contributed by atoms with E-state index in [4.69, 9.17) is 5.26 Å². The van der Waals surface area contributed by atoms with Gasteiger partial charge in [-0.2, -0.15) is 10.4 Å². The van der Waals surface area contributed by atoms with Crippen LogP contribution in [0.2, 0.25) is 0 Å². The molecular formula is C13H23N5. The average molecular weight is 249 g/mol. The van der Waals surface area contributed by atoms with Crippen molar-refractivity contribution in [2.45, 2.75) is 27.3 Å². The second-order valence-corrected chi connectivity index (χ2v) is 4.64. The maximum Gasteiger partial charge on any atom is 0.128 e. The van der Waals surface area contributed by atoms with Crippen LogP contribution in [0, 0.1) is 24.2 Å². The highest BCUT2D eigenvalue weighted by molar-refractivity contribution is 5.46. The molecule has 1 aromatic rings. The molecule has 1 heterocycles. The van der Waals surface area contributed by atoms with Crippen LogP contribution in [-0.4, -0.2) is 34.8 Å². The van der Waals surface area contributed by atoms with E-state index < -0.39 is 0 Å². The van der Waals surface area contributed by atoms with E-state index in [0.717, 1.165) is 31.1 Å². The summed E-state index contributed by atoms with van der Waals surface area (Å²) in [6, 6.07) is 2.29. The molecule has 18 heavy (non-hydrogen) atoms. The van der Waals surface area contributed by atoms with Crippen LogP contribution in [0.4, 0.5) is 5.82 Å². The van der Waals surface area contributed by atoms with Crippen molar-refractivity contribution in [3.63, 3.8) is 0 Å². The van der Waals surface area contributed by atoms with Gasteiger partial charge in [-0.3, -0.25) is 9.58 Å². The van der Waals surface area contributed by atoms with Crippen LogP contribution >= 0.6 is 0 Å². The number of rotatable bonds is 6. The van der Waals surface area contributed by atoms with Gasteiger partial charge in [0, 0.05) is 32.7 Å². The Labute approximate surface area is 109 Å². The van der Waals surface area contributed by atoms with E-state index in [1.807, 2.05) is 32.6 Å². The Hall–Kier alpha value is -1.54. The third kappa shape index (κ3) is 3.23. The van der Waals surface area contributed by atoms with Crippen molar-refractivity contribution in [1.82, 2.24) is 14.7 Å². The van der Waals surface area contributed by atoms with Gasteiger partial charge in [0.1, 0.15) is 5.82 Å². The molecule has 1 atom stereocenters. The van der Waals surface area contributed by atoms with Crippen molar-refractivity contribution in [3.05, 3.63) is 11.3 Å². The van der Waals surface area contributed by atoms with Crippen LogP contribution in [0.15, 0.2) is 0 Å². The molecule has 0 amide bonds. The molecule has 1 N–H and O–H groups in total. The number of nitrogens with one attached hydrogen (secondary N) is 1. The molecule has 0 saturated heterocycles. The molecule has 0 aliphatic rings. The lowest BCUT2D eigenvalue weighted by Crippen LogP contribution is -2.28. The molecule has 1 aromatic heterocycles. The Bertz CT molecular complexity index is 429. The van der Waals surface area contributed by atoms with Gasteiger partial charge in [-0.15, -0.1) is 0 Å². The predicted molar refractivity (Wildman–Crippen MR) is 73.2 cm³/mol. The summed E-state index contributed by atoms with van der Waals surface area (Å²) in [4.78, 5) is 2.28. The molecule has 5 heteroatoms. The first-order valence-corrected chi connectivity index (χ1v) is 6.35. The Morgan fingerprint density at radius 3 is 2.72 bits per heavy atom. The van der Waals surface area contributed by atoms with Gasteiger partial charge >= 0.3 is 0 Å². The average Bonchev–Trinajstić information content (AvgIpc) is 2.62. The van der Waals surface area contributed by atoms with Crippen LogP contribution in [0.3, 0.4) is 0 Å². The molecule has 0 aromatic carbocycles. The van der Waals surface area contributed by atoms with E-state index in [9.17, 15) is 0 Å². The predicted octanol–water partition coefficient (Wildman–Crippen LogP) is 1.75. The largest absolute Gasteiger partial charge is 0.373 e. The zero-order valence-corrected chi connectivity index (χ0v) is 12.0. The first-order valence-electron chi connectivity index (χ1n) is 6.35. The summed E-state index contributed by atoms with van der Waals surface area (Å²) in [5.74, 6) is 1.11. The van der Waals surface area contributed by atoms with Crippen LogP contribution in [0.5, 0.6) is 0 Å². The van der Waals surface area contributed by atoms with Gasteiger partial charge in [-0.1, -0.05) is 6.92 Å². The Morgan fingerprint density at radius 2 is 2.22 bits per heavy atom. The van der Waals surface area contributed by atoms with E-state index in [-0.39, 0.29) is 5.92 Å². The number of anilines is 1. The minimum Gasteiger partial charge on any atom is -0.373 e. The zero-order chi connectivity index (χ0) is 13.7. The topological polar surface area (TPSA) is 56.9 Å². The maximum atomic E-state index is 8.90. The van der Waals surface area contributed by atoms with Gasteiger partial charge in [0.05, 0.1) is 17.7 Å². The molecular weight excluding hydrogens is 226 g/mol. The second kappa shape index (κ2) is 6.41. The second-order valence-electron chi connectivity index (χ2n) is 4.64. The summed E-state index contributed by atoms with van der Waals surface area (Å²) in [6.45, 7) is 8.66. The summed E-state index contributed by atoms with van der Waals surface area (Å²) >= 11 is 0. The first-order chi connectivity index (χ1) is 8.53. The van der Waals surface area contributed by atoms with E-state index in [1.54, 1.807) is 0 Å². The number of hydrogen-bond acceptors (Lipinski definition) is 4. The van der Waals surface area contributed by atoms with Gasteiger partial charge in [-0.05, 0) is 20.4 Å². The summed E-state index contributed by atoms with van der Waals surface area (Å²) in [5.41, 5.74) is 2.26. The van der Waals surface area contributed by atoms with Gasteiger partial charge in [0.25, 0.3) is 0 Å². The highest BCUT2D eigenvalue weighted by Crippen LogP contribution is 2.20. The Kier molecular flexibility index (Phi) is 5.17. The zero-order valence-electron chi connectivity index (χ0n) is 12.0. The van der Waals surface area contributed by atoms with Crippen LogP contribution in [-0.2, 0) is 13.6 Å². The fourth-order valence-electron chi connectivity index (χ4n) is 2.16. The number of nitrogens with zero attached hydrogens (tertiary/aromatic N) is 4. The lowest BCUT2D eigenvalue weighted by molar-refractivity contribution is 0.260. The molecule has 0 fully saturated rings. The first kappa shape index (κ1) is 14.5. The minimum atomic E-state index is 0.0555. The van der Waals surface area contributed by atoms with E-state index in [1.165, 1.54) is 5.56 Å². The number of aryl methyl sites for hydroxylation is 2. The highest BCUT2D eigenvalue weighted by Gasteiger charge is 2.16. The normalized spacial score (nSPS) is 12.5. The fraction of sp³-hybridized carbons (Fsp3) is 0.692. The molecule has 0 aliphatic carbocycles. The van der Waals surface area contributed by atoms with Crippen molar-refractivity contribution in [1.29, 1.82) is 5.26 Å². The van der Waals surface area contributed by atoms with E-state index in [0.29, 0.717) is 0 Å². The summed E-state index contributed by atoms with van der Waals surface area (Å²) in [7, 11) is 3.85. The standard InChI is InChI=1S/C13H23N5/c1-6-18(8-10(2)7-14)9-12-11(3)16-17(5)13(12)15-4/h10,15H,6,8-9H2,1-5H3. The van der Waals surface area contributed by atoms with Gasteiger partial charge in [0.2, 0.25) is 0 Å². The molecule has 5 nitrogen and oxygen atoms in total. The van der Waals surface area contributed by atoms with Crippen LogP contribution in [0.25, 0.3) is 0 Å².